The molecule has 11 heavy (non-hydrogen) atoms. The molecule has 0 aromatic rings. The second kappa shape index (κ2) is 2.04. The normalized spacial score (nSPS) is 36.0. The quantitative estimate of drug-likeness (QED) is 0.492. The van der Waals surface area contributed by atoms with Crippen LogP contribution in [0.25, 0.3) is 0 Å². The molecule has 2 fully saturated rings. The summed E-state index contributed by atoms with van der Waals surface area (Å²) in [5, 5.41) is 0. The molecule has 0 N–H and O–H groups in total. The van der Waals surface area contributed by atoms with Crippen LogP contribution in [0.3, 0.4) is 0 Å². The minimum atomic E-state index is -3.19. The molecule has 0 unspecified atom stereocenters. The summed E-state index contributed by atoms with van der Waals surface area (Å²) in [6.07, 6.45) is 1.55. The number of Topliss-reactive ketones (excluding diaryl/α,β-unsaturated/α-hetero) is 1. The zero-order valence-corrected chi connectivity index (χ0v) is 6.80. The lowest BCUT2D eigenvalue weighted by atomic mass is 10.2. The molecule has 0 amide bonds. The van der Waals surface area contributed by atoms with Crippen molar-refractivity contribution in [3.05, 3.63) is 0 Å². The van der Waals surface area contributed by atoms with Crippen LogP contribution in [0.4, 0.5) is 0 Å². The van der Waals surface area contributed by atoms with Gasteiger partial charge in [-0.15, -0.1) is 0 Å². The van der Waals surface area contributed by atoms with Crippen molar-refractivity contribution < 1.29 is 13.2 Å². The van der Waals surface area contributed by atoms with E-state index >= 15 is 0 Å². The van der Waals surface area contributed by atoms with Gasteiger partial charge in [0, 0.05) is 6.54 Å². The number of hydrogen-bond donors (Lipinski definition) is 0. The number of ketones is 1. The van der Waals surface area contributed by atoms with Crippen LogP contribution < -0.4 is 0 Å². The van der Waals surface area contributed by atoms with Gasteiger partial charge in [0.05, 0.1) is 6.04 Å². The highest BCUT2D eigenvalue weighted by Gasteiger charge is 2.46. The van der Waals surface area contributed by atoms with Crippen LogP contribution in [0.15, 0.2) is 0 Å². The molecule has 0 spiro atoms. The Morgan fingerprint density at radius 3 is 2.82 bits per heavy atom. The van der Waals surface area contributed by atoms with Gasteiger partial charge in [0.25, 0.3) is 0 Å². The standard InChI is InChI=1S/C6H9NO3S/c8-6-4-11(9,10)7-3-1-2-5(6)7/h5H,1-4H2/t5-/m0/s1. The van der Waals surface area contributed by atoms with Gasteiger partial charge in [0.2, 0.25) is 10.0 Å². The topological polar surface area (TPSA) is 54.5 Å². The minimum Gasteiger partial charge on any atom is -0.297 e. The lowest BCUT2D eigenvalue weighted by molar-refractivity contribution is -0.118. The van der Waals surface area contributed by atoms with Crippen LogP contribution >= 0.6 is 0 Å². The number of rotatable bonds is 0. The molecule has 2 rings (SSSR count). The van der Waals surface area contributed by atoms with E-state index in [0.717, 1.165) is 12.8 Å². The van der Waals surface area contributed by atoms with Crippen molar-refractivity contribution >= 4 is 15.8 Å². The molecule has 4 nitrogen and oxygen atoms in total. The van der Waals surface area contributed by atoms with Gasteiger partial charge in [-0.25, -0.2) is 8.42 Å². The average Bonchev–Trinajstić information content (AvgIpc) is 2.37. The molecule has 0 saturated carbocycles. The lowest BCUT2D eigenvalue weighted by Gasteiger charge is -2.09. The number of carbonyl (C=O) groups excluding carboxylic acids is 1. The molecule has 62 valence electrons. The number of nitrogens with zero attached hydrogens (tertiary/aromatic N) is 1. The van der Waals surface area contributed by atoms with E-state index in [9.17, 15) is 13.2 Å². The first-order valence-corrected chi connectivity index (χ1v) is 5.24. The Labute approximate surface area is 65.2 Å². The fourth-order valence-corrected chi connectivity index (χ4v) is 3.49. The molecule has 5 heteroatoms. The van der Waals surface area contributed by atoms with E-state index in [1.807, 2.05) is 0 Å². The van der Waals surface area contributed by atoms with Crippen LogP contribution in [0.1, 0.15) is 12.8 Å². The summed E-state index contributed by atoms with van der Waals surface area (Å²) < 4.78 is 23.7. The van der Waals surface area contributed by atoms with Gasteiger partial charge in [-0.2, -0.15) is 4.31 Å². The smallest absolute Gasteiger partial charge is 0.221 e. The first kappa shape index (κ1) is 7.24. The summed E-state index contributed by atoms with van der Waals surface area (Å²) in [6.45, 7) is 0.540. The zero-order valence-electron chi connectivity index (χ0n) is 5.99. The molecular weight excluding hydrogens is 166 g/mol. The Kier molecular flexibility index (Phi) is 1.34. The first-order valence-electron chi connectivity index (χ1n) is 3.63. The van der Waals surface area contributed by atoms with Crippen molar-refractivity contribution in [2.45, 2.75) is 18.9 Å². The fourth-order valence-electron chi connectivity index (χ4n) is 1.75. The monoisotopic (exact) mass is 175 g/mol. The van der Waals surface area contributed by atoms with Gasteiger partial charge in [-0.05, 0) is 12.8 Å². The Hall–Kier alpha value is -0.420. The van der Waals surface area contributed by atoms with Crippen molar-refractivity contribution in [1.82, 2.24) is 4.31 Å². The highest BCUT2D eigenvalue weighted by molar-refractivity contribution is 7.90. The van der Waals surface area contributed by atoms with Gasteiger partial charge < -0.3 is 0 Å². The predicted octanol–water partition coefficient (Wildman–Crippen LogP) is -0.637. The maximum Gasteiger partial charge on any atom is 0.221 e. The van der Waals surface area contributed by atoms with Crippen molar-refractivity contribution in [2.24, 2.45) is 0 Å². The van der Waals surface area contributed by atoms with E-state index in [2.05, 4.69) is 0 Å². The van der Waals surface area contributed by atoms with Crippen LogP contribution in [0.2, 0.25) is 0 Å². The molecule has 0 aromatic heterocycles. The second-order valence-electron chi connectivity index (χ2n) is 2.99. The molecule has 2 aliphatic rings. The van der Waals surface area contributed by atoms with E-state index in [0.29, 0.717) is 6.54 Å². The van der Waals surface area contributed by atoms with E-state index in [1.165, 1.54) is 4.31 Å². The maximum atomic E-state index is 11.2. The summed E-state index contributed by atoms with van der Waals surface area (Å²) >= 11 is 0. The Morgan fingerprint density at radius 2 is 2.18 bits per heavy atom. The predicted molar refractivity (Wildman–Crippen MR) is 38.5 cm³/mol. The van der Waals surface area contributed by atoms with E-state index in [4.69, 9.17) is 0 Å². The molecular formula is C6H9NO3S. The summed E-state index contributed by atoms with van der Waals surface area (Å²) in [6, 6.07) is -0.306. The molecule has 0 bridgehead atoms. The summed E-state index contributed by atoms with van der Waals surface area (Å²) in [5.74, 6) is -0.389. The molecule has 0 aliphatic carbocycles. The van der Waals surface area contributed by atoms with Gasteiger partial charge in [-0.3, -0.25) is 4.79 Å². The minimum absolute atomic E-state index is 0.123. The van der Waals surface area contributed by atoms with Crippen LogP contribution in [-0.2, 0) is 14.8 Å². The molecule has 2 heterocycles. The summed E-state index contributed by atoms with van der Waals surface area (Å²) in [4.78, 5) is 11.1. The third-order valence-corrected chi connectivity index (χ3v) is 4.06. The van der Waals surface area contributed by atoms with Gasteiger partial charge in [-0.1, -0.05) is 0 Å². The second-order valence-corrected chi connectivity index (χ2v) is 4.91. The van der Waals surface area contributed by atoms with E-state index in [-0.39, 0.29) is 17.6 Å². The average molecular weight is 175 g/mol. The van der Waals surface area contributed by atoms with E-state index in [1.54, 1.807) is 0 Å². The van der Waals surface area contributed by atoms with Crippen molar-refractivity contribution in [3.8, 4) is 0 Å². The third-order valence-electron chi connectivity index (χ3n) is 2.26. The van der Waals surface area contributed by atoms with Gasteiger partial charge >= 0.3 is 0 Å². The van der Waals surface area contributed by atoms with Crippen LogP contribution in [-0.4, -0.2) is 36.8 Å². The van der Waals surface area contributed by atoms with Crippen molar-refractivity contribution in [1.29, 1.82) is 0 Å². The van der Waals surface area contributed by atoms with Gasteiger partial charge in [0.15, 0.2) is 5.78 Å². The number of carbonyl (C=O) groups is 1. The summed E-state index contributed by atoms with van der Waals surface area (Å²) in [7, 11) is -3.19. The Morgan fingerprint density at radius 1 is 1.45 bits per heavy atom. The molecule has 0 radical (unpaired) electrons. The molecule has 0 aromatic carbocycles. The number of fused-ring (bicyclic) bond motifs is 1. The highest BCUT2D eigenvalue weighted by Crippen LogP contribution is 2.27. The third kappa shape index (κ3) is 0.911. The Bertz CT molecular complexity index is 295. The maximum absolute atomic E-state index is 11.2. The lowest BCUT2D eigenvalue weighted by Crippen LogP contribution is -2.28. The molecule has 2 aliphatic heterocycles. The molecule has 1 atom stereocenters. The molecule has 2 saturated heterocycles. The SMILES string of the molecule is O=C1CS(=O)(=O)N2CCC[C@@H]12. The highest BCUT2D eigenvalue weighted by atomic mass is 32.2. The first-order chi connectivity index (χ1) is 5.11. The number of hydrogen-bond acceptors (Lipinski definition) is 3. The van der Waals surface area contributed by atoms with Crippen molar-refractivity contribution in [3.63, 3.8) is 0 Å². The van der Waals surface area contributed by atoms with Crippen molar-refractivity contribution in [2.75, 3.05) is 12.3 Å². The fraction of sp³-hybridized carbons (Fsp3) is 0.833. The Balaban J connectivity index is 2.42. The van der Waals surface area contributed by atoms with Crippen LogP contribution in [0.5, 0.6) is 0 Å². The van der Waals surface area contributed by atoms with Crippen LogP contribution in [0, 0.1) is 0 Å². The largest absolute Gasteiger partial charge is 0.297 e. The van der Waals surface area contributed by atoms with Gasteiger partial charge in [0.1, 0.15) is 5.75 Å². The zero-order chi connectivity index (χ0) is 8.06. The number of sulfonamides is 1. The summed E-state index contributed by atoms with van der Waals surface area (Å²) in [5.41, 5.74) is 0. The van der Waals surface area contributed by atoms with E-state index < -0.39 is 10.0 Å².